The van der Waals surface area contributed by atoms with Crippen LogP contribution in [-0.4, -0.2) is 4.98 Å². The molecule has 10 aromatic carbocycles. The Morgan fingerprint density at radius 1 is 0.350 bits per heavy atom. The largest absolute Gasteiger partial charge is 0.456 e. The van der Waals surface area contributed by atoms with Crippen LogP contribution in [-0.2, 0) is 5.41 Å². The summed E-state index contributed by atoms with van der Waals surface area (Å²) in [6, 6.07) is 77.1. The molecule has 2 aliphatic rings. The highest BCUT2D eigenvalue weighted by Gasteiger charge is 2.53. The molecule has 2 heterocycles. The van der Waals surface area contributed by atoms with Crippen LogP contribution in [0.1, 0.15) is 22.3 Å². The summed E-state index contributed by atoms with van der Waals surface area (Å²) in [5.74, 6) is 1.75. The van der Waals surface area contributed by atoms with Gasteiger partial charge in [0.25, 0.3) is 0 Å². The summed E-state index contributed by atoms with van der Waals surface area (Å²) in [7, 11) is 0. The average Bonchev–Trinajstić information content (AvgIpc) is 3.63. The number of benzene rings is 10. The van der Waals surface area contributed by atoms with Gasteiger partial charge in [-0.05, 0) is 90.0 Å². The standard InChI is InChI=1S/C58H35NO/c1-2-16-36(17-3-1)56-54-46-24-8-10-27-49(46)58(55(54)47-25-9-12-30-52(47)59-56)50-28-11-13-31-53(50)60-57-40(26-15-29-51(57)58)39-19-14-18-37(34-39)38-32-33-45-43-22-5-4-20-41(43)42-21-6-7-23-44(42)48(45)35-38/h1-35H. The lowest BCUT2D eigenvalue weighted by atomic mass is 9.65. The van der Waals surface area contributed by atoms with E-state index in [2.05, 4.69) is 212 Å². The van der Waals surface area contributed by atoms with Gasteiger partial charge >= 0.3 is 0 Å². The summed E-state index contributed by atoms with van der Waals surface area (Å²) >= 11 is 0. The number of ether oxygens (including phenoxy) is 1. The van der Waals surface area contributed by atoms with Crippen molar-refractivity contribution in [3.8, 4) is 56.1 Å². The molecule has 2 nitrogen and oxygen atoms in total. The highest BCUT2D eigenvalue weighted by molar-refractivity contribution is 6.25. The van der Waals surface area contributed by atoms with Crippen molar-refractivity contribution in [3.63, 3.8) is 0 Å². The maximum absolute atomic E-state index is 7.18. The van der Waals surface area contributed by atoms with Crippen LogP contribution in [0.15, 0.2) is 212 Å². The Labute approximate surface area is 347 Å². The highest BCUT2D eigenvalue weighted by atomic mass is 16.5. The van der Waals surface area contributed by atoms with E-state index in [1.54, 1.807) is 0 Å². The number of nitrogens with zero attached hydrogens (tertiary/aromatic N) is 1. The SMILES string of the molecule is c1ccc(-c2nc3ccccc3c3c2-c2ccccc2C32c3ccccc3Oc3c(-c4cccc(-c5ccc6c7ccccc7c7ccccc7c6c5)c4)cccc32)cc1. The van der Waals surface area contributed by atoms with E-state index in [-0.39, 0.29) is 0 Å². The monoisotopic (exact) mass is 761 g/mol. The van der Waals surface area contributed by atoms with Crippen LogP contribution in [0.25, 0.3) is 87.9 Å². The first kappa shape index (κ1) is 33.2. The number of aromatic nitrogens is 1. The van der Waals surface area contributed by atoms with Crippen LogP contribution in [0.5, 0.6) is 11.5 Å². The van der Waals surface area contributed by atoms with Crippen molar-refractivity contribution in [1.82, 2.24) is 4.98 Å². The third-order valence-electron chi connectivity index (χ3n) is 13.1. The summed E-state index contributed by atoms with van der Waals surface area (Å²) in [4.78, 5) is 5.43. The fourth-order valence-electron chi connectivity index (χ4n) is 10.6. The van der Waals surface area contributed by atoms with Gasteiger partial charge in [0.1, 0.15) is 11.5 Å². The predicted molar refractivity (Wildman–Crippen MR) is 248 cm³/mol. The third kappa shape index (κ3) is 4.50. The van der Waals surface area contributed by atoms with E-state index in [1.165, 1.54) is 60.1 Å². The second kappa shape index (κ2) is 12.6. The molecule has 0 bridgehead atoms. The Morgan fingerprint density at radius 2 is 0.900 bits per heavy atom. The van der Waals surface area contributed by atoms with Gasteiger partial charge in [0, 0.05) is 33.2 Å². The third-order valence-corrected chi connectivity index (χ3v) is 13.1. The van der Waals surface area contributed by atoms with Crippen LogP contribution in [0.3, 0.4) is 0 Å². The summed E-state index contributed by atoms with van der Waals surface area (Å²) in [6.07, 6.45) is 0. The topological polar surface area (TPSA) is 22.1 Å². The fraction of sp³-hybridized carbons (Fsp3) is 0.0172. The van der Waals surface area contributed by atoms with Gasteiger partial charge in [-0.1, -0.05) is 188 Å². The number of hydrogen-bond donors (Lipinski definition) is 0. The first-order valence-electron chi connectivity index (χ1n) is 20.7. The number of pyridine rings is 1. The molecule has 1 aliphatic carbocycles. The van der Waals surface area contributed by atoms with Gasteiger partial charge in [-0.2, -0.15) is 0 Å². The molecule has 11 aromatic rings. The van der Waals surface area contributed by atoms with Crippen molar-refractivity contribution in [3.05, 3.63) is 235 Å². The minimum atomic E-state index is -0.669. The number of rotatable bonds is 3. The van der Waals surface area contributed by atoms with Gasteiger partial charge in [-0.25, -0.2) is 4.98 Å². The van der Waals surface area contributed by atoms with Crippen molar-refractivity contribution >= 4 is 43.2 Å². The first-order chi connectivity index (χ1) is 29.8. The molecule has 0 fully saturated rings. The van der Waals surface area contributed by atoms with E-state index in [0.717, 1.165) is 61.5 Å². The molecular weight excluding hydrogens is 727 g/mol. The Kier molecular flexibility index (Phi) is 6.97. The molecule has 1 aromatic heterocycles. The van der Waals surface area contributed by atoms with E-state index in [1.807, 2.05) is 0 Å². The lowest BCUT2D eigenvalue weighted by Crippen LogP contribution is -2.32. The predicted octanol–water partition coefficient (Wildman–Crippen LogP) is 15.2. The molecule has 13 rings (SSSR count). The molecule has 0 amide bonds. The molecule has 1 spiro atoms. The molecule has 278 valence electrons. The molecule has 0 saturated carbocycles. The lowest BCUT2D eigenvalue weighted by Gasteiger charge is -2.40. The zero-order valence-electron chi connectivity index (χ0n) is 32.6. The van der Waals surface area contributed by atoms with Crippen molar-refractivity contribution in [2.75, 3.05) is 0 Å². The summed E-state index contributed by atoms with van der Waals surface area (Å²) in [5.41, 5.74) is 14.1. The van der Waals surface area contributed by atoms with E-state index in [9.17, 15) is 0 Å². The molecule has 0 radical (unpaired) electrons. The Morgan fingerprint density at radius 3 is 1.70 bits per heavy atom. The van der Waals surface area contributed by atoms with E-state index in [4.69, 9.17) is 9.72 Å². The molecule has 2 heteroatoms. The van der Waals surface area contributed by atoms with Gasteiger partial charge < -0.3 is 4.74 Å². The number of para-hydroxylation sites is 3. The Bertz CT molecular complexity index is 3550. The molecule has 1 atom stereocenters. The molecular formula is C58H35NO. The lowest BCUT2D eigenvalue weighted by molar-refractivity contribution is 0.438. The van der Waals surface area contributed by atoms with Gasteiger partial charge in [0.2, 0.25) is 0 Å². The molecule has 1 unspecified atom stereocenters. The maximum atomic E-state index is 7.18. The van der Waals surface area contributed by atoms with E-state index in [0.29, 0.717) is 0 Å². The van der Waals surface area contributed by atoms with Crippen molar-refractivity contribution in [1.29, 1.82) is 0 Å². The summed E-state index contributed by atoms with van der Waals surface area (Å²) < 4.78 is 7.18. The molecule has 1 aliphatic heterocycles. The molecule has 0 saturated heterocycles. The van der Waals surface area contributed by atoms with Gasteiger partial charge in [-0.3, -0.25) is 0 Å². The normalized spacial score (nSPS) is 14.9. The van der Waals surface area contributed by atoms with Gasteiger partial charge in [0.05, 0.1) is 16.6 Å². The zero-order chi connectivity index (χ0) is 39.4. The van der Waals surface area contributed by atoms with Crippen molar-refractivity contribution in [2.45, 2.75) is 5.41 Å². The average molecular weight is 762 g/mol. The Balaban J connectivity index is 1.06. The number of fused-ring (bicyclic) bond motifs is 17. The minimum Gasteiger partial charge on any atom is -0.456 e. The summed E-state index contributed by atoms with van der Waals surface area (Å²) in [5, 5.41) is 8.81. The van der Waals surface area contributed by atoms with Gasteiger partial charge in [0.15, 0.2) is 0 Å². The second-order valence-corrected chi connectivity index (χ2v) is 16.1. The minimum absolute atomic E-state index is 0.669. The highest BCUT2D eigenvalue weighted by Crippen LogP contribution is 2.65. The smallest absolute Gasteiger partial charge is 0.140 e. The Hall–Kier alpha value is -7.81. The van der Waals surface area contributed by atoms with Crippen LogP contribution in [0.4, 0.5) is 0 Å². The van der Waals surface area contributed by atoms with Crippen LogP contribution in [0.2, 0.25) is 0 Å². The number of hydrogen-bond acceptors (Lipinski definition) is 2. The van der Waals surface area contributed by atoms with Crippen LogP contribution in [0, 0.1) is 0 Å². The van der Waals surface area contributed by atoms with Crippen LogP contribution >= 0.6 is 0 Å². The maximum Gasteiger partial charge on any atom is 0.140 e. The fourth-order valence-corrected chi connectivity index (χ4v) is 10.6. The zero-order valence-corrected chi connectivity index (χ0v) is 32.6. The molecule has 60 heavy (non-hydrogen) atoms. The first-order valence-corrected chi connectivity index (χ1v) is 20.7. The van der Waals surface area contributed by atoms with Crippen molar-refractivity contribution < 1.29 is 4.74 Å². The van der Waals surface area contributed by atoms with E-state index >= 15 is 0 Å². The van der Waals surface area contributed by atoms with E-state index < -0.39 is 5.41 Å². The quantitative estimate of drug-likeness (QED) is 0.167. The van der Waals surface area contributed by atoms with Crippen LogP contribution < -0.4 is 4.74 Å². The van der Waals surface area contributed by atoms with Crippen molar-refractivity contribution in [2.24, 2.45) is 0 Å². The second-order valence-electron chi connectivity index (χ2n) is 16.1. The molecule has 0 N–H and O–H groups in total. The van der Waals surface area contributed by atoms with Gasteiger partial charge in [-0.15, -0.1) is 0 Å². The summed E-state index contributed by atoms with van der Waals surface area (Å²) in [6.45, 7) is 0.